The van der Waals surface area contributed by atoms with Crippen molar-refractivity contribution in [1.29, 1.82) is 0 Å². The molecule has 0 heterocycles. The van der Waals surface area contributed by atoms with Crippen molar-refractivity contribution in [1.82, 2.24) is 0 Å². The Morgan fingerprint density at radius 1 is 1.10 bits per heavy atom. The Kier molecular flexibility index (Phi) is 6.53. The summed E-state index contributed by atoms with van der Waals surface area (Å²) in [7, 11) is 0. The predicted octanol–water partition coefficient (Wildman–Crippen LogP) is -2.14. The summed E-state index contributed by atoms with van der Waals surface area (Å²) in [5, 5.41) is 46.3. The normalized spacial score (nSPS) is 16.8. The highest BCUT2D eigenvalue weighted by molar-refractivity contribution is 5.94. The summed E-state index contributed by atoms with van der Waals surface area (Å²) in [6.45, 7) is -1.39. The third kappa shape index (κ3) is 4.66. The van der Waals surface area contributed by atoms with Crippen LogP contribution in [-0.2, 0) is 4.74 Å². The van der Waals surface area contributed by atoms with Crippen molar-refractivity contribution in [3.63, 3.8) is 0 Å². The number of anilines is 1. The third-order valence-corrected chi connectivity index (χ3v) is 2.89. The van der Waals surface area contributed by atoms with Gasteiger partial charge in [0.1, 0.15) is 31.0 Å². The largest absolute Gasteiger partial charge is 0.459 e. The standard InChI is InChI=1S/C13H19NO7/c14-8-4-2-1-3-7(8)13(20)21-6-10(17)12(19)11(18)9(16)5-15/h1-4,9-12,15-19H,5-6,14H2/t9-,10+,11-,12-/m1/s1. The molecule has 0 radical (unpaired) electrons. The van der Waals surface area contributed by atoms with Gasteiger partial charge in [0.2, 0.25) is 0 Å². The van der Waals surface area contributed by atoms with Gasteiger partial charge in [-0.3, -0.25) is 0 Å². The molecule has 0 aliphatic rings. The number of rotatable bonds is 7. The van der Waals surface area contributed by atoms with E-state index < -0.39 is 43.6 Å². The number of nitrogens with two attached hydrogens (primary N) is 1. The van der Waals surface area contributed by atoms with Crippen molar-refractivity contribution in [2.45, 2.75) is 24.4 Å². The Morgan fingerprint density at radius 3 is 2.24 bits per heavy atom. The molecule has 21 heavy (non-hydrogen) atoms. The van der Waals surface area contributed by atoms with Gasteiger partial charge in [0.05, 0.1) is 12.2 Å². The molecule has 7 N–H and O–H groups in total. The smallest absolute Gasteiger partial charge is 0.340 e. The first-order valence-corrected chi connectivity index (χ1v) is 6.23. The highest BCUT2D eigenvalue weighted by atomic mass is 16.5. The first-order chi connectivity index (χ1) is 9.88. The van der Waals surface area contributed by atoms with Gasteiger partial charge < -0.3 is 36.0 Å². The van der Waals surface area contributed by atoms with Crippen molar-refractivity contribution < 1.29 is 35.1 Å². The highest BCUT2D eigenvalue weighted by Crippen LogP contribution is 2.13. The SMILES string of the molecule is Nc1ccccc1C(=O)OC[C@H](O)[C@@H](O)[C@H](O)[C@H](O)CO. The van der Waals surface area contributed by atoms with Gasteiger partial charge in [0.25, 0.3) is 0 Å². The molecule has 0 aliphatic carbocycles. The number of aliphatic hydroxyl groups excluding tert-OH is 5. The van der Waals surface area contributed by atoms with Crippen molar-refractivity contribution in [3.05, 3.63) is 29.8 Å². The van der Waals surface area contributed by atoms with Crippen LogP contribution in [0.25, 0.3) is 0 Å². The minimum Gasteiger partial charge on any atom is -0.459 e. The molecule has 0 spiro atoms. The minimum absolute atomic E-state index is 0.107. The molecule has 0 fully saturated rings. The number of hydrogen-bond donors (Lipinski definition) is 6. The van der Waals surface area contributed by atoms with Gasteiger partial charge >= 0.3 is 5.97 Å². The van der Waals surface area contributed by atoms with E-state index in [0.717, 1.165) is 0 Å². The maximum absolute atomic E-state index is 11.7. The van der Waals surface area contributed by atoms with Crippen LogP contribution in [0.15, 0.2) is 24.3 Å². The second-order valence-corrected chi connectivity index (χ2v) is 4.48. The van der Waals surface area contributed by atoms with Crippen LogP contribution in [0, 0.1) is 0 Å². The Morgan fingerprint density at radius 2 is 1.67 bits per heavy atom. The van der Waals surface area contributed by atoms with E-state index in [1.807, 2.05) is 0 Å². The predicted molar refractivity (Wildman–Crippen MR) is 72.2 cm³/mol. The van der Waals surface area contributed by atoms with Gasteiger partial charge in [-0.25, -0.2) is 4.79 Å². The fourth-order valence-electron chi connectivity index (χ4n) is 1.58. The van der Waals surface area contributed by atoms with Gasteiger partial charge in [0, 0.05) is 5.69 Å². The number of ether oxygens (including phenoxy) is 1. The van der Waals surface area contributed by atoms with Crippen LogP contribution in [-0.4, -0.2) is 69.1 Å². The van der Waals surface area contributed by atoms with Crippen LogP contribution in [0.1, 0.15) is 10.4 Å². The summed E-state index contributed by atoms with van der Waals surface area (Å²) in [4.78, 5) is 11.7. The van der Waals surface area contributed by atoms with Crippen LogP contribution in [0.4, 0.5) is 5.69 Å². The number of nitrogen functional groups attached to an aromatic ring is 1. The maximum atomic E-state index is 11.7. The van der Waals surface area contributed by atoms with Gasteiger partial charge in [0.15, 0.2) is 0 Å². The zero-order chi connectivity index (χ0) is 16.0. The van der Waals surface area contributed by atoms with Gasteiger partial charge in [-0.2, -0.15) is 0 Å². The fourth-order valence-corrected chi connectivity index (χ4v) is 1.58. The summed E-state index contributed by atoms with van der Waals surface area (Å²) in [6, 6.07) is 6.16. The number of benzene rings is 1. The molecule has 8 nitrogen and oxygen atoms in total. The number of carbonyl (C=O) groups is 1. The van der Waals surface area contributed by atoms with E-state index in [9.17, 15) is 20.1 Å². The molecule has 4 atom stereocenters. The first-order valence-electron chi connectivity index (χ1n) is 6.23. The molecular weight excluding hydrogens is 282 g/mol. The average Bonchev–Trinajstić information content (AvgIpc) is 2.50. The van der Waals surface area contributed by atoms with Crippen LogP contribution in [0.3, 0.4) is 0 Å². The summed E-state index contributed by atoms with van der Waals surface area (Å²) < 4.78 is 4.77. The molecule has 0 amide bonds. The van der Waals surface area contributed by atoms with Crippen LogP contribution >= 0.6 is 0 Å². The Bertz CT molecular complexity index is 468. The zero-order valence-electron chi connectivity index (χ0n) is 11.2. The van der Waals surface area contributed by atoms with E-state index in [4.69, 9.17) is 20.7 Å². The molecule has 1 aromatic carbocycles. The van der Waals surface area contributed by atoms with E-state index >= 15 is 0 Å². The van der Waals surface area contributed by atoms with Gasteiger partial charge in [-0.05, 0) is 12.1 Å². The van der Waals surface area contributed by atoms with Crippen LogP contribution in [0.2, 0.25) is 0 Å². The van der Waals surface area contributed by atoms with E-state index in [2.05, 4.69) is 0 Å². The number of hydrogen-bond acceptors (Lipinski definition) is 8. The summed E-state index contributed by atoms with van der Waals surface area (Å²) in [6.07, 6.45) is -6.80. The lowest BCUT2D eigenvalue weighted by Crippen LogP contribution is -2.47. The molecule has 118 valence electrons. The zero-order valence-corrected chi connectivity index (χ0v) is 11.2. The third-order valence-electron chi connectivity index (χ3n) is 2.89. The number of carbonyl (C=O) groups excluding carboxylic acids is 1. The summed E-state index contributed by atoms with van der Waals surface area (Å²) in [5.74, 6) is -0.795. The van der Waals surface area contributed by atoms with E-state index in [-0.39, 0.29) is 11.3 Å². The second kappa shape index (κ2) is 7.91. The number of aliphatic hydroxyl groups is 5. The number of esters is 1. The molecule has 0 unspecified atom stereocenters. The fraction of sp³-hybridized carbons (Fsp3) is 0.462. The Balaban J connectivity index is 2.55. The van der Waals surface area contributed by atoms with Crippen LogP contribution in [0.5, 0.6) is 0 Å². The monoisotopic (exact) mass is 301 g/mol. The van der Waals surface area contributed by atoms with Crippen molar-refractivity contribution in [2.75, 3.05) is 18.9 Å². The maximum Gasteiger partial charge on any atom is 0.340 e. The molecule has 1 aromatic rings. The van der Waals surface area contributed by atoms with Crippen molar-refractivity contribution in [2.24, 2.45) is 0 Å². The molecule has 0 saturated carbocycles. The highest BCUT2D eigenvalue weighted by Gasteiger charge is 2.30. The summed E-state index contributed by atoms with van der Waals surface area (Å²) >= 11 is 0. The molecule has 0 aromatic heterocycles. The minimum atomic E-state index is -1.78. The van der Waals surface area contributed by atoms with E-state index in [1.165, 1.54) is 12.1 Å². The van der Waals surface area contributed by atoms with Crippen LogP contribution < -0.4 is 5.73 Å². The molecular formula is C13H19NO7. The average molecular weight is 301 g/mol. The quantitative estimate of drug-likeness (QED) is 0.246. The Labute approximate surface area is 121 Å². The van der Waals surface area contributed by atoms with Gasteiger partial charge in [-0.15, -0.1) is 0 Å². The molecule has 1 rings (SSSR count). The molecule has 0 aliphatic heterocycles. The second-order valence-electron chi connectivity index (χ2n) is 4.48. The number of para-hydroxylation sites is 1. The molecule has 0 bridgehead atoms. The topological polar surface area (TPSA) is 153 Å². The lowest BCUT2D eigenvalue weighted by molar-refractivity contribution is -0.124. The van der Waals surface area contributed by atoms with E-state index in [1.54, 1.807) is 12.1 Å². The first kappa shape index (κ1) is 17.3. The van der Waals surface area contributed by atoms with Crippen molar-refractivity contribution >= 4 is 11.7 Å². The molecule has 0 saturated heterocycles. The lowest BCUT2D eigenvalue weighted by Gasteiger charge is -2.25. The van der Waals surface area contributed by atoms with E-state index in [0.29, 0.717) is 0 Å². The van der Waals surface area contributed by atoms with Gasteiger partial charge in [-0.1, -0.05) is 12.1 Å². The lowest BCUT2D eigenvalue weighted by atomic mass is 10.0. The van der Waals surface area contributed by atoms with Crippen molar-refractivity contribution in [3.8, 4) is 0 Å². The Hall–Kier alpha value is -1.71. The molecule has 8 heteroatoms. The summed E-state index contributed by atoms with van der Waals surface area (Å²) in [5.41, 5.74) is 5.89.